The summed E-state index contributed by atoms with van der Waals surface area (Å²) in [6, 6.07) is 0. The lowest BCUT2D eigenvalue weighted by Crippen LogP contribution is -2.58. The van der Waals surface area contributed by atoms with Gasteiger partial charge in [-0.05, 0) is 13.3 Å². The summed E-state index contributed by atoms with van der Waals surface area (Å²) < 4.78 is 0. The van der Waals surface area contributed by atoms with Gasteiger partial charge in [-0.15, -0.1) is 11.3 Å². The van der Waals surface area contributed by atoms with Gasteiger partial charge in [0.2, 0.25) is 0 Å². The van der Waals surface area contributed by atoms with Gasteiger partial charge in [-0.3, -0.25) is 4.90 Å². The minimum Gasteiger partial charge on any atom is -0.309 e. The summed E-state index contributed by atoms with van der Waals surface area (Å²) >= 11 is 1.76. The van der Waals surface area contributed by atoms with Crippen LogP contribution in [0, 0.1) is 0 Å². The summed E-state index contributed by atoms with van der Waals surface area (Å²) in [6.07, 6.45) is 4.19. The minimum atomic E-state index is 0.307. The van der Waals surface area contributed by atoms with Crippen LogP contribution < -0.4 is 5.32 Å². The normalized spacial score (nSPS) is 27.1. The monoisotopic (exact) mass is 239 g/mol. The van der Waals surface area contributed by atoms with Crippen LogP contribution in [0.1, 0.15) is 25.3 Å². The van der Waals surface area contributed by atoms with Crippen LogP contribution in [0.3, 0.4) is 0 Å². The van der Waals surface area contributed by atoms with Crippen molar-refractivity contribution in [3.63, 3.8) is 0 Å². The lowest BCUT2D eigenvalue weighted by Gasteiger charge is -2.41. The van der Waals surface area contributed by atoms with Crippen molar-refractivity contribution in [1.82, 2.24) is 15.2 Å². The van der Waals surface area contributed by atoms with E-state index < -0.39 is 0 Å². The van der Waals surface area contributed by atoms with E-state index in [-0.39, 0.29) is 0 Å². The van der Waals surface area contributed by atoms with Crippen molar-refractivity contribution in [3.8, 4) is 0 Å². The average Bonchev–Trinajstić information content (AvgIpc) is 2.80. The van der Waals surface area contributed by atoms with Gasteiger partial charge in [-0.1, -0.05) is 6.92 Å². The first-order valence-electron chi connectivity index (χ1n) is 6.07. The quantitative estimate of drug-likeness (QED) is 0.868. The predicted molar refractivity (Wildman–Crippen MR) is 69.0 cm³/mol. The SMILES string of the molecule is CCC1(C)CN(CCc2nccs2)CCN1. The molecule has 3 nitrogen and oxygen atoms in total. The number of hydrogen-bond donors (Lipinski definition) is 1. The largest absolute Gasteiger partial charge is 0.309 e. The Balaban J connectivity index is 1.81. The van der Waals surface area contributed by atoms with Crippen LogP contribution in [0.25, 0.3) is 0 Å². The maximum Gasteiger partial charge on any atom is 0.0937 e. The van der Waals surface area contributed by atoms with Gasteiger partial charge in [0.15, 0.2) is 0 Å². The van der Waals surface area contributed by atoms with Crippen LogP contribution in [0.2, 0.25) is 0 Å². The smallest absolute Gasteiger partial charge is 0.0937 e. The van der Waals surface area contributed by atoms with Crippen LogP contribution in [-0.4, -0.2) is 41.6 Å². The molecule has 90 valence electrons. The molecule has 0 saturated carbocycles. The zero-order valence-electron chi connectivity index (χ0n) is 10.2. The van der Waals surface area contributed by atoms with E-state index >= 15 is 0 Å². The lowest BCUT2D eigenvalue weighted by atomic mass is 9.96. The zero-order chi connectivity index (χ0) is 11.4. The molecule has 1 aromatic rings. The Bertz CT molecular complexity index is 312. The van der Waals surface area contributed by atoms with Crippen molar-refractivity contribution >= 4 is 11.3 Å². The van der Waals surface area contributed by atoms with E-state index in [9.17, 15) is 0 Å². The van der Waals surface area contributed by atoms with E-state index in [2.05, 4.69) is 34.4 Å². The number of rotatable bonds is 4. The van der Waals surface area contributed by atoms with Crippen molar-refractivity contribution in [2.24, 2.45) is 0 Å². The van der Waals surface area contributed by atoms with Crippen molar-refractivity contribution in [2.45, 2.75) is 32.2 Å². The highest BCUT2D eigenvalue weighted by atomic mass is 32.1. The molecule has 2 rings (SSSR count). The van der Waals surface area contributed by atoms with E-state index in [4.69, 9.17) is 0 Å². The molecule has 1 atom stereocenters. The topological polar surface area (TPSA) is 28.2 Å². The molecule has 1 unspecified atom stereocenters. The number of thiazole rings is 1. The highest BCUT2D eigenvalue weighted by Gasteiger charge is 2.28. The second-order valence-electron chi connectivity index (χ2n) is 4.79. The van der Waals surface area contributed by atoms with E-state index in [0.29, 0.717) is 5.54 Å². The zero-order valence-corrected chi connectivity index (χ0v) is 11.0. The number of nitrogens with zero attached hydrogens (tertiary/aromatic N) is 2. The van der Waals surface area contributed by atoms with Gasteiger partial charge < -0.3 is 5.32 Å². The van der Waals surface area contributed by atoms with Crippen LogP contribution >= 0.6 is 11.3 Å². The first kappa shape index (κ1) is 12.0. The Hall–Kier alpha value is -0.450. The molecule has 0 aliphatic carbocycles. The molecule has 0 aromatic carbocycles. The summed E-state index contributed by atoms with van der Waals surface area (Å²) in [4.78, 5) is 6.89. The maximum atomic E-state index is 4.33. The molecule has 1 aromatic heterocycles. The maximum absolute atomic E-state index is 4.33. The summed E-state index contributed by atoms with van der Waals surface area (Å²) in [5, 5.41) is 6.93. The third kappa shape index (κ3) is 3.03. The number of piperazine rings is 1. The highest BCUT2D eigenvalue weighted by Crippen LogP contribution is 2.15. The third-order valence-corrected chi connectivity index (χ3v) is 4.30. The standard InChI is InChI=1S/C12H21N3S/c1-3-12(2)10-15(8-5-14-12)7-4-11-13-6-9-16-11/h6,9,14H,3-5,7-8,10H2,1-2H3. The van der Waals surface area contributed by atoms with Crippen molar-refractivity contribution in [1.29, 1.82) is 0 Å². The Morgan fingerprint density at radius 3 is 3.19 bits per heavy atom. The second-order valence-corrected chi connectivity index (χ2v) is 5.77. The molecule has 0 bridgehead atoms. The van der Waals surface area contributed by atoms with Crippen molar-refractivity contribution < 1.29 is 0 Å². The summed E-state index contributed by atoms with van der Waals surface area (Å²) in [6.45, 7) is 9.17. The molecule has 0 spiro atoms. The fourth-order valence-electron chi connectivity index (χ4n) is 2.20. The van der Waals surface area contributed by atoms with E-state index in [1.807, 2.05) is 6.20 Å². The van der Waals surface area contributed by atoms with Crippen molar-refractivity contribution in [3.05, 3.63) is 16.6 Å². The molecular weight excluding hydrogens is 218 g/mol. The van der Waals surface area contributed by atoms with Gasteiger partial charge in [-0.25, -0.2) is 4.98 Å². The van der Waals surface area contributed by atoms with E-state index in [1.165, 1.54) is 18.0 Å². The fraction of sp³-hybridized carbons (Fsp3) is 0.750. The Labute approximate surface area is 102 Å². The molecule has 0 radical (unpaired) electrons. The third-order valence-electron chi connectivity index (χ3n) is 3.46. The second kappa shape index (κ2) is 5.25. The minimum absolute atomic E-state index is 0.307. The molecule has 2 heterocycles. The number of aromatic nitrogens is 1. The molecule has 1 fully saturated rings. The molecule has 1 N–H and O–H groups in total. The predicted octanol–water partition coefficient (Wildman–Crippen LogP) is 1.76. The van der Waals surface area contributed by atoms with Crippen LogP contribution in [-0.2, 0) is 6.42 Å². The molecule has 1 saturated heterocycles. The van der Waals surface area contributed by atoms with E-state index in [0.717, 1.165) is 26.1 Å². The van der Waals surface area contributed by atoms with Gasteiger partial charge in [0.25, 0.3) is 0 Å². The average molecular weight is 239 g/mol. The first-order valence-corrected chi connectivity index (χ1v) is 6.95. The molecule has 0 amide bonds. The molecule has 1 aliphatic rings. The lowest BCUT2D eigenvalue weighted by molar-refractivity contribution is 0.141. The molecular formula is C12H21N3S. The van der Waals surface area contributed by atoms with Gasteiger partial charge in [0, 0.05) is 49.7 Å². The Kier molecular flexibility index (Phi) is 3.95. The van der Waals surface area contributed by atoms with Crippen molar-refractivity contribution in [2.75, 3.05) is 26.2 Å². The molecule has 16 heavy (non-hydrogen) atoms. The van der Waals surface area contributed by atoms with E-state index in [1.54, 1.807) is 11.3 Å². The number of nitrogens with one attached hydrogen (secondary N) is 1. The molecule has 4 heteroatoms. The highest BCUT2D eigenvalue weighted by molar-refractivity contribution is 7.09. The molecule has 1 aliphatic heterocycles. The summed E-state index contributed by atoms with van der Waals surface area (Å²) in [5.74, 6) is 0. The summed E-state index contributed by atoms with van der Waals surface area (Å²) in [7, 11) is 0. The first-order chi connectivity index (χ1) is 7.72. The van der Waals surface area contributed by atoms with Crippen LogP contribution in [0.5, 0.6) is 0 Å². The number of hydrogen-bond acceptors (Lipinski definition) is 4. The van der Waals surface area contributed by atoms with Gasteiger partial charge in [-0.2, -0.15) is 0 Å². The van der Waals surface area contributed by atoms with Gasteiger partial charge in [0.05, 0.1) is 5.01 Å². The van der Waals surface area contributed by atoms with Crippen LogP contribution in [0.15, 0.2) is 11.6 Å². The fourth-order valence-corrected chi connectivity index (χ4v) is 2.81. The Morgan fingerprint density at radius 2 is 2.50 bits per heavy atom. The van der Waals surface area contributed by atoms with Gasteiger partial charge >= 0.3 is 0 Å². The summed E-state index contributed by atoms with van der Waals surface area (Å²) in [5.41, 5.74) is 0.307. The van der Waals surface area contributed by atoms with Gasteiger partial charge in [0.1, 0.15) is 0 Å². The Morgan fingerprint density at radius 1 is 1.62 bits per heavy atom. The van der Waals surface area contributed by atoms with Crippen LogP contribution in [0.4, 0.5) is 0 Å².